The molecule has 108 valence electrons. The van der Waals surface area contributed by atoms with Crippen LogP contribution in [0, 0.1) is 11.3 Å². The monoisotopic (exact) mass is 274 g/mol. The van der Waals surface area contributed by atoms with Gasteiger partial charge in [0.1, 0.15) is 5.92 Å². The molecule has 4 nitrogen and oxygen atoms in total. The van der Waals surface area contributed by atoms with Gasteiger partial charge in [-0.2, -0.15) is 0 Å². The number of halogens is 2. The molecule has 3 fully saturated rings. The van der Waals surface area contributed by atoms with Crippen molar-refractivity contribution in [2.45, 2.75) is 37.6 Å². The number of likely N-dealkylation sites (tertiary alicyclic amines) is 1. The van der Waals surface area contributed by atoms with Gasteiger partial charge in [0.15, 0.2) is 0 Å². The van der Waals surface area contributed by atoms with Crippen molar-refractivity contribution in [2.24, 2.45) is 11.3 Å². The highest BCUT2D eigenvalue weighted by molar-refractivity contribution is 5.83. The summed E-state index contributed by atoms with van der Waals surface area (Å²) in [6.07, 6.45) is 2.67. The van der Waals surface area contributed by atoms with Gasteiger partial charge in [-0.1, -0.05) is 6.42 Å². The average molecular weight is 274 g/mol. The number of hydrogen-bond donors (Lipinski definition) is 2. The quantitative estimate of drug-likeness (QED) is 0.775. The van der Waals surface area contributed by atoms with E-state index in [9.17, 15) is 13.6 Å². The molecule has 3 aliphatic rings. The molecule has 3 rings (SSSR count). The lowest BCUT2D eigenvalue weighted by molar-refractivity contribution is -0.147. The zero-order chi connectivity index (χ0) is 13.7. The Kier molecular flexibility index (Phi) is 3.05. The number of rotatable bonds is 2. The molecule has 0 aromatic rings. The van der Waals surface area contributed by atoms with E-state index < -0.39 is 11.8 Å². The smallest absolute Gasteiger partial charge is 0.260 e. The number of hydrogen-bond acceptors (Lipinski definition) is 3. The van der Waals surface area contributed by atoms with E-state index in [0.29, 0.717) is 13.1 Å². The van der Waals surface area contributed by atoms with Crippen LogP contribution in [0.5, 0.6) is 0 Å². The van der Waals surface area contributed by atoms with Crippen molar-refractivity contribution >= 4 is 5.91 Å². The molecule has 2 N–H and O–H groups in total. The topological polar surface area (TPSA) is 52.6 Å². The molecule has 0 bridgehead atoms. The van der Waals surface area contributed by atoms with Gasteiger partial charge in [-0.25, -0.2) is 8.78 Å². The third-order valence-corrected chi connectivity index (χ3v) is 4.73. The van der Waals surface area contributed by atoms with Crippen LogP contribution in [0.2, 0.25) is 0 Å². The largest absolute Gasteiger partial charge is 0.395 e. The highest BCUT2D eigenvalue weighted by atomic mass is 19.3. The Bertz CT molecular complexity index is 383. The normalized spacial score (nSPS) is 35.6. The average Bonchev–Trinajstić information content (AvgIpc) is 3.01. The minimum atomic E-state index is -2.76. The second-order valence-electron chi connectivity index (χ2n) is 6.36. The fourth-order valence-electron chi connectivity index (χ4n) is 3.32. The van der Waals surface area contributed by atoms with Crippen LogP contribution >= 0.6 is 0 Å². The third-order valence-electron chi connectivity index (χ3n) is 4.73. The molecule has 2 atom stereocenters. The van der Waals surface area contributed by atoms with Gasteiger partial charge >= 0.3 is 0 Å². The summed E-state index contributed by atoms with van der Waals surface area (Å²) >= 11 is 0. The molecule has 2 heterocycles. The second kappa shape index (κ2) is 4.38. The Labute approximate surface area is 111 Å². The molecule has 1 amide bonds. The van der Waals surface area contributed by atoms with Crippen molar-refractivity contribution in [1.29, 1.82) is 0 Å². The summed E-state index contributed by atoms with van der Waals surface area (Å²) in [6.45, 7) is 2.07. The van der Waals surface area contributed by atoms with E-state index in [4.69, 9.17) is 5.11 Å². The predicted octanol–water partition coefficient (Wildman–Crippen LogP) is 0.605. The first-order chi connectivity index (χ1) is 8.96. The lowest BCUT2D eigenvalue weighted by Crippen LogP contribution is -2.62. The third kappa shape index (κ3) is 2.36. The Balaban J connectivity index is 1.53. The van der Waals surface area contributed by atoms with Gasteiger partial charge in [0, 0.05) is 37.5 Å². The minimum Gasteiger partial charge on any atom is -0.395 e. The van der Waals surface area contributed by atoms with Gasteiger partial charge in [0.25, 0.3) is 5.92 Å². The summed E-state index contributed by atoms with van der Waals surface area (Å²) in [5.74, 6) is -4.20. The molecule has 2 aliphatic heterocycles. The van der Waals surface area contributed by atoms with E-state index >= 15 is 0 Å². The second-order valence-corrected chi connectivity index (χ2v) is 6.36. The molecule has 2 unspecified atom stereocenters. The standard InChI is InChI=1S/C13H20F2N2O2/c14-13(15)4-10(13)11(19)17-7-12(8-17)3-1-2-9(5-18)16-6-12/h9-10,16,18H,1-8H2. The van der Waals surface area contributed by atoms with Crippen LogP contribution in [0.4, 0.5) is 8.78 Å². The van der Waals surface area contributed by atoms with Crippen molar-refractivity contribution in [2.75, 3.05) is 26.2 Å². The predicted molar refractivity (Wildman–Crippen MR) is 64.8 cm³/mol. The van der Waals surface area contributed by atoms with Crippen LogP contribution < -0.4 is 5.32 Å². The SMILES string of the molecule is O=C(C1CC1(F)F)N1CC2(CCCC(CO)NC2)C1. The summed E-state index contributed by atoms with van der Waals surface area (Å²) in [7, 11) is 0. The first-order valence-corrected chi connectivity index (χ1v) is 6.97. The molecule has 6 heteroatoms. The Morgan fingerprint density at radius 2 is 2.11 bits per heavy atom. The van der Waals surface area contributed by atoms with Gasteiger partial charge < -0.3 is 15.3 Å². The molecule has 1 aliphatic carbocycles. The van der Waals surface area contributed by atoms with Crippen molar-refractivity contribution < 1.29 is 18.7 Å². The van der Waals surface area contributed by atoms with Crippen LogP contribution in [0.3, 0.4) is 0 Å². The Morgan fingerprint density at radius 3 is 2.68 bits per heavy atom. The molecular weight excluding hydrogens is 254 g/mol. The van der Waals surface area contributed by atoms with Crippen LogP contribution in [0.25, 0.3) is 0 Å². The van der Waals surface area contributed by atoms with E-state index in [1.165, 1.54) is 0 Å². The molecule has 0 aromatic carbocycles. The number of amides is 1. The number of alkyl halides is 2. The molecule has 1 saturated carbocycles. The molecule has 2 saturated heterocycles. The first kappa shape index (κ1) is 13.2. The van der Waals surface area contributed by atoms with E-state index in [1.807, 2.05) is 0 Å². The van der Waals surface area contributed by atoms with Crippen molar-refractivity contribution in [3.05, 3.63) is 0 Å². The maximum atomic E-state index is 12.9. The maximum Gasteiger partial charge on any atom is 0.260 e. The summed E-state index contributed by atoms with van der Waals surface area (Å²) in [5, 5.41) is 12.5. The van der Waals surface area contributed by atoms with E-state index in [2.05, 4.69) is 5.32 Å². The highest BCUT2D eigenvalue weighted by Crippen LogP contribution is 2.51. The summed E-state index contributed by atoms with van der Waals surface area (Å²) in [6, 6.07) is 0.136. The Morgan fingerprint density at radius 1 is 1.42 bits per heavy atom. The lowest BCUT2D eigenvalue weighted by atomic mass is 9.76. The molecule has 19 heavy (non-hydrogen) atoms. The van der Waals surface area contributed by atoms with Gasteiger partial charge in [-0.05, 0) is 12.8 Å². The van der Waals surface area contributed by atoms with Gasteiger partial charge in [0.05, 0.1) is 6.61 Å². The number of aliphatic hydroxyl groups excluding tert-OH is 1. The van der Waals surface area contributed by atoms with E-state index in [1.54, 1.807) is 4.90 Å². The fraction of sp³-hybridized carbons (Fsp3) is 0.923. The molecule has 0 radical (unpaired) electrons. The van der Waals surface area contributed by atoms with Crippen LogP contribution in [-0.4, -0.2) is 54.1 Å². The van der Waals surface area contributed by atoms with E-state index in [0.717, 1.165) is 25.8 Å². The molecule has 1 spiro atoms. The summed E-state index contributed by atoms with van der Waals surface area (Å²) in [4.78, 5) is 13.4. The summed E-state index contributed by atoms with van der Waals surface area (Å²) in [5.41, 5.74) is 0.0454. The van der Waals surface area contributed by atoms with Gasteiger partial charge in [-0.15, -0.1) is 0 Å². The minimum absolute atomic E-state index is 0.0454. The number of carbonyl (C=O) groups excluding carboxylic acids is 1. The zero-order valence-electron chi connectivity index (χ0n) is 10.9. The summed E-state index contributed by atoms with van der Waals surface area (Å²) < 4.78 is 25.8. The van der Waals surface area contributed by atoms with Crippen molar-refractivity contribution in [1.82, 2.24) is 10.2 Å². The fourth-order valence-corrected chi connectivity index (χ4v) is 3.32. The van der Waals surface area contributed by atoms with Gasteiger partial charge in [0.2, 0.25) is 5.91 Å². The first-order valence-electron chi connectivity index (χ1n) is 6.97. The van der Waals surface area contributed by atoms with Crippen LogP contribution in [0.1, 0.15) is 25.7 Å². The lowest BCUT2D eigenvalue weighted by Gasteiger charge is -2.50. The van der Waals surface area contributed by atoms with Gasteiger partial charge in [-0.3, -0.25) is 4.79 Å². The molecular formula is C13H20F2N2O2. The zero-order valence-corrected chi connectivity index (χ0v) is 10.9. The van der Waals surface area contributed by atoms with Crippen LogP contribution in [-0.2, 0) is 4.79 Å². The molecule has 0 aromatic heterocycles. The Hall–Kier alpha value is -0.750. The number of carbonyl (C=O) groups is 1. The van der Waals surface area contributed by atoms with E-state index in [-0.39, 0.29) is 30.4 Å². The number of nitrogens with zero attached hydrogens (tertiary/aromatic N) is 1. The maximum absolute atomic E-state index is 12.9. The number of nitrogens with one attached hydrogen (secondary N) is 1. The van der Waals surface area contributed by atoms with Crippen molar-refractivity contribution in [3.63, 3.8) is 0 Å². The van der Waals surface area contributed by atoms with Crippen molar-refractivity contribution in [3.8, 4) is 0 Å². The van der Waals surface area contributed by atoms with Crippen LogP contribution in [0.15, 0.2) is 0 Å². The number of aliphatic hydroxyl groups is 1. The highest BCUT2D eigenvalue weighted by Gasteiger charge is 2.63.